The van der Waals surface area contributed by atoms with Crippen molar-refractivity contribution in [3.8, 4) is 0 Å². The minimum atomic E-state index is -0.0826. The summed E-state index contributed by atoms with van der Waals surface area (Å²) in [5, 5.41) is 3.24. The molecule has 2 aromatic rings. The first kappa shape index (κ1) is 19.7. The first-order valence-corrected chi connectivity index (χ1v) is 9.28. The molecule has 6 heteroatoms. The Balaban J connectivity index is 2.07. The van der Waals surface area contributed by atoms with Crippen molar-refractivity contribution in [3.05, 3.63) is 42.4 Å². The second-order valence-electron chi connectivity index (χ2n) is 6.21. The summed E-state index contributed by atoms with van der Waals surface area (Å²) in [4.78, 5) is 24.8. The molecule has 0 fully saturated rings. The predicted molar refractivity (Wildman–Crippen MR) is 107 cm³/mol. The lowest BCUT2D eigenvalue weighted by molar-refractivity contribution is 0.0787. The van der Waals surface area contributed by atoms with Crippen molar-refractivity contribution in [2.24, 2.45) is 0 Å². The van der Waals surface area contributed by atoms with Crippen LogP contribution in [0.5, 0.6) is 0 Å². The van der Waals surface area contributed by atoms with Crippen LogP contribution in [0, 0.1) is 0 Å². The zero-order valence-electron chi connectivity index (χ0n) is 16.2. The van der Waals surface area contributed by atoms with Crippen LogP contribution in [0.3, 0.4) is 0 Å². The number of rotatable bonds is 9. The normalized spacial score (nSPS) is 10.5. The number of hydrogen-bond donors (Lipinski definition) is 1. The van der Waals surface area contributed by atoms with Gasteiger partial charge >= 0.3 is 0 Å². The fourth-order valence-electron chi connectivity index (χ4n) is 2.73. The van der Waals surface area contributed by atoms with Crippen LogP contribution in [0.25, 0.3) is 0 Å². The predicted octanol–water partition coefficient (Wildman–Crippen LogP) is 3.94. The molecule has 1 N–H and O–H groups in total. The van der Waals surface area contributed by atoms with Gasteiger partial charge in [0.2, 0.25) is 0 Å². The Morgan fingerprint density at radius 1 is 1.08 bits per heavy atom. The number of carbonyl (C=O) groups excluding carboxylic acids is 1. The van der Waals surface area contributed by atoms with Gasteiger partial charge in [0.15, 0.2) is 0 Å². The maximum absolute atomic E-state index is 12.4. The zero-order chi connectivity index (χ0) is 18.9. The summed E-state index contributed by atoms with van der Waals surface area (Å²) in [6.07, 6.45) is 3.46. The number of carbonyl (C=O) groups is 1. The van der Waals surface area contributed by atoms with Gasteiger partial charge in [0.25, 0.3) is 5.91 Å². The van der Waals surface area contributed by atoms with Crippen molar-refractivity contribution >= 4 is 23.1 Å². The molecule has 26 heavy (non-hydrogen) atoms. The first-order chi connectivity index (χ1) is 12.6. The first-order valence-electron chi connectivity index (χ1n) is 9.28. The fourth-order valence-corrected chi connectivity index (χ4v) is 2.73. The molecule has 1 amide bonds. The number of amides is 1. The van der Waals surface area contributed by atoms with E-state index < -0.39 is 0 Å². The largest absolute Gasteiger partial charge is 0.372 e. The average Bonchev–Trinajstić information content (AvgIpc) is 2.68. The van der Waals surface area contributed by atoms with Gasteiger partial charge in [-0.1, -0.05) is 13.3 Å². The zero-order valence-corrected chi connectivity index (χ0v) is 16.2. The van der Waals surface area contributed by atoms with Gasteiger partial charge in [-0.2, -0.15) is 0 Å². The van der Waals surface area contributed by atoms with Gasteiger partial charge in [0.1, 0.15) is 17.8 Å². The molecule has 0 aliphatic rings. The van der Waals surface area contributed by atoms with E-state index in [0.717, 1.165) is 38.2 Å². The van der Waals surface area contributed by atoms with Crippen LogP contribution in [-0.2, 0) is 0 Å². The lowest BCUT2D eigenvalue weighted by Gasteiger charge is -2.21. The quantitative estimate of drug-likeness (QED) is 0.738. The van der Waals surface area contributed by atoms with E-state index in [1.165, 1.54) is 12.0 Å². The number of nitrogens with one attached hydrogen (secondary N) is 1. The van der Waals surface area contributed by atoms with E-state index in [2.05, 4.69) is 53.1 Å². The third-order valence-corrected chi connectivity index (χ3v) is 4.35. The molecule has 0 atom stereocenters. The molecule has 1 aromatic carbocycles. The van der Waals surface area contributed by atoms with E-state index in [4.69, 9.17) is 0 Å². The highest BCUT2D eigenvalue weighted by atomic mass is 16.2. The summed E-state index contributed by atoms with van der Waals surface area (Å²) in [5.41, 5.74) is 2.52. The van der Waals surface area contributed by atoms with Crippen molar-refractivity contribution in [1.82, 2.24) is 14.9 Å². The Bertz CT molecular complexity index is 698. The van der Waals surface area contributed by atoms with Crippen LogP contribution in [0.4, 0.5) is 17.2 Å². The molecule has 0 spiro atoms. The molecule has 0 bridgehead atoms. The highest BCUT2D eigenvalue weighted by molar-refractivity contribution is 5.92. The highest BCUT2D eigenvalue weighted by Crippen LogP contribution is 2.20. The van der Waals surface area contributed by atoms with Gasteiger partial charge in [0, 0.05) is 44.1 Å². The number of anilines is 3. The van der Waals surface area contributed by atoms with Crippen LogP contribution in [-0.4, -0.2) is 47.5 Å². The minimum absolute atomic E-state index is 0.0826. The number of hydrogen-bond acceptors (Lipinski definition) is 5. The Morgan fingerprint density at radius 3 is 2.38 bits per heavy atom. The highest BCUT2D eigenvalue weighted by Gasteiger charge is 2.13. The van der Waals surface area contributed by atoms with E-state index in [0.29, 0.717) is 11.5 Å². The smallest absolute Gasteiger partial charge is 0.272 e. The van der Waals surface area contributed by atoms with Gasteiger partial charge in [-0.05, 0) is 44.5 Å². The lowest BCUT2D eigenvalue weighted by atomic mass is 10.2. The van der Waals surface area contributed by atoms with Crippen molar-refractivity contribution < 1.29 is 4.79 Å². The van der Waals surface area contributed by atoms with Crippen LogP contribution in [0.1, 0.15) is 44.1 Å². The fraction of sp³-hybridized carbons (Fsp3) is 0.450. The van der Waals surface area contributed by atoms with E-state index in [1.54, 1.807) is 18.0 Å². The number of aromatic nitrogens is 2. The van der Waals surface area contributed by atoms with Crippen LogP contribution < -0.4 is 10.2 Å². The topological polar surface area (TPSA) is 61.4 Å². The molecule has 0 saturated heterocycles. The Hall–Kier alpha value is -2.63. The van der Waals surface area contributed by atoms with E-state index in [9.17, 15) is 4.79 Å². The third-order valence-electron chi connectivity index (χ3n) is 4.35. The Morgan fingerprint density at radius 2 is 1.77 bits per heavy atom. The Labute approximate surface area is 156 Å². The summed E-state index contributed by atoms with van der Waals surface area (Å²) in [5.74, 6) is 0.531. The average molecular weight is 355 g/mol. The van der Waals surface area contributed by atoms with Crippen molar-refractivity contribution in [2.45, 2.75) is 33.6 Å². The minimum Gasteiger partial charge on any atom is -0.372 e. The molecule has 140 valence electrons. The molecule has 1 aromatic heterocycles. The summed E-state index contributed by atoms with van der Waals surface area (Å²) in [7, 11) is 1.80. The standard InChI is InChI=1S/C20H29N5O/c1-5-8-13-24(4)20(26)18-14-19(22-15-21-18)23-16-9-11-17(12-10-16)25(6-2)7-3/h9-12,14-15H,5-8,13H2,1-4H3,(H,21,22,23). The molecule has 0 radical (unpaired) electrons. The molecule has 0 aliphatic carbocycles. The van der Waals surface area contributed by atoms with Crippen LogP contribution in [0.15, 0.2) is 36.7 Å². The van der Waals surface area contributed by atoms with Crippen LogP contribution in [0.2, 0.25) is 0 Å². The summed E-state index contributed by atoms with van der Waals surface area (Å²) < 4.78 is 0. The number of benzene rings is 1. The molecule has 0 saturated carbocycles. The summed E-state index contributed by atoms with van der Waals surface area (Å²) >= 11 is 0. The molecular weight excluding hydrogens is 326 g/mol. The molecule has 1 heterocycles. The maximum Gasteiger partial charge on any atom is 0.272 e. The second kappa shape index (κ2) is 9.75. The van der Waals surface area contributed by atoms with Crippen molar-refractivity contribution in [2.75, 3.05) is 36.9 Å². The van der Waals surface area contributed by atoms with Crippen molar-refractivity contribution in [3.63, 3.8) is 0 Å². The van der Waals surface area contributed by atoms with Crippen molar-refractivity contribution in [1.29, 1.82) is 0 Å². The SMILES string of the molecule is CCCCN(C)C(=O)c1cc(Nc2ccc(N(CC)CC)cc2)ncn1. The molecule has 0 aliphatic heterocycles. The van der Waals surface area contributed by atoms with E-state index in [-0.39, 0.29) is 5.91 Å². The number of nitrogens with zero attached hydrogens (tertiary/aromatic N) is 4. The van der Waals surface area contributed by atoms with Gasteiger partial charge in [-0.3, -0.25) is 4.79 Å². The number of unbranched alkanes of at least 4 members (excludes halogenated alkanes) is 1. The van der Waals surface area contributed by atoms with Crippen LogP contribution >= 0.6 is 0 Å². The summed E-state index contributed by atoms with van der Waals surface area (Å²) in [6, 6.07) is 9.90. The lowest BCUT2D eigenvalue weighted by Crippen LogP contribution is -2.28. The monoisotopic (exact) mass is 355 g/mol. The van der Waals surface area contributed by atoms with E-state index in [1.807, 2.05) is 12.1 Å². The van der Waals surface area contributed by atoms with E-state index >= 15 is 0 Å². The molecular formula is C20H29N5O. The molecule has 6 nitrogen and oxygen atoms in total. The summed E-state index contributed by atoms with van der Waals surface area (Å²) in [6.45, 7) is 9.09. The van der Waals surface area contributed by atoms with Gasteiger partial charge in [-0.15, -0.1) is 0 Å². The molecule has 0 unspecified atom stereocenters. The third kappa shape index (κ3) is 5.18. The Kier molecular flexibility index (Phi) is 7.38. The van der Waals surface area contributed by atoms with Gasteiger partial charge < -0.3 is 15.1 Å². The van der Waals surface area contributed by atoms with Gasteiger partial charge in [-0.25, -0.2) is 9.97 Å². The van der Waals surface area contributed by atoms with Gasteiger partial charge in [0.05, 0.1) is 0 Å². The maximum atomic E-state index is 12.4. The second-order valence-corrected chi connectivity index (χ2v) is 6.21. The molecule has 2 rings (SSSR count).